The van der Waals surface area contributed by atoms with Gasteiger partial charge in [0, 0.05) is 12.8 Å². The molecule has 2 aromatic carbocycles. The Kier molecular flexibility index (Phi) is 6.13. The van der Waals surface area contributed by atoms with Crippen molar-refractivity contribution in [2.75, 3.05) is 19.0 Å². The summed E-state index contributed by atoms with van der Waals surface area (Å²) in [6.45, 7) is -0.117. The van der Waals surface area contributed by atoms with E-state index in [1.165, 1.54) is 43.5 Å². The number of methoxy groups -OCH3 is 1. The summed E-state index contributed by atoms with van der Waals surface area (Å²) >= 11 is 5.88. The number of anilines is 1. The van der Waals surface area contributed by atoms with Crippen molar-refractivity contribution in [1.29, 1.82) is 0 Å². The zero-order valence-corrected chi connectivity index (χ0v) is 14.7. The molecule has 132 valence electrons. The number of rotatable bonds is 6. The highest BCUT2D eigenvalue weighted by Crippen LogP contribution is 2.17. The first kappa shape index (κ1) is 18.9. The van der Waals surface area contributed by atoms with Crippen LogP contribution in [-0.4, -0.2) is 33.9 Å². The Hall–Kier alpha value is -2.42. The highest BCUT2D eigenvalue weighted by Gasteiger charge is 2.20. The van der Waals surface area contributed by atoms with Crippen molar-refractivity contribution in [2.24, 2.45) is 0 Å². The van der Waals surface area contributed by atoms with Gasteiger partial charge in [0.25, 0.3) is 15.9 Å². The van der Waals surface area contributed by atoms with Crippen LogP contribution in [0.5, 0.6) is 0 Å². The maximum Gasteiger partial charge on any atom is 0.266 e. The Morgan fingerprint density at radius 2 is 1.72 bits per heavy atom. The van der Waals surface area contributed by atoms with Crippen molar-refractivity contribution in [3.05, 3.63) is 59.1 Å². The summed E-state index contributed by atoms with van der Waals surface area (Å²) < 4.78 is 31.2. The highest BCUT2D eigenvalue weighted by atomic mass is 35.5. The maximum atomic E-state index is 12.3. The Bertz CT molecular complexity index is 882. The van der Waals surface area contributed by atoms with Crippen LogP contribution >= 0.6 is 11.6 Å². The molecule has 2 rings (SSSR count). The molecule has 0 spiro atoms. The molecule has 0 radical (unpaired) electrons. The molecule has 9 heteroatoms. The molecule has 25 heavy (non-hydrogen) atoms. The van der Waals surface area contributed by atoms with Crippen LogP contribution in [0.2, 0.25) is 5.02 Å². The van der Waals surface area contributed by atoms with E-state index in [0.29, 0.717) is 5.69 Å². The van der Waals surface area contributed by atoms with Crippen LogP contribution in [0.3, 0.4) is 0 Å². The molecule has 2 N–H and O–H groups in total. The Labute approximate surface area is 150 Å². The zero-order valence-electron chi connectivity index (χ0n) is 13.2. The second-order valence-electron chi connectivity index (χ2n) is 4.92. The summed E-state index contributed by atoms with van der Waals surface area (Å²) in [6.07, 6.45) is 0. The normalized spacial score (nSPS) is 11.0. The van der Waals surface area contributed by atoms with E-state index in [1.54, 1.807) is 12.1 Å². The van der Waals surface area contributed by atoms with Crippen LogP contribution in [0.25, 0.3) is 0 Å². The number of amides is 2. The van der Waals surface area contributed by atoms with E-state index in [0.717, 1.165) is 0 Å². The highest BCUT2D eigenvalue weighted by molar-refractivity contribution is 7.90. The molecule has 0 aromatic heterocycles. The van der Waals surface area contributed by atoms with Crippen molar-refractivity contribution in [1.82, 2.24) is 4.72 Å². The average molecular weight is 383 g/mol. The van der Waals surface area contributed by atoms with Crippen molar-refractivity contribution in [2.45, 2.75) is 4.90 Å². The number of carbonyl (C=O) groups excluding carboxylic acids is 2. The van der Waals surface area contributed by atoms with Crippen molar-refractivity contribution >= 4 is 39.1 Å². The van der Waals surface area contributed by atoms with Gasteiger partial charge in [-0.15, -0.1) is 0 Å². The standard InChI is InChI=1S/C16H15ClN2O5S/c1-24-10-15(20)18-11-6-8-12(9-7-11)25(22,23)19-16(21)13-4-2-3-5-14(13)17/h2-9H,10H2,1H3,(H,18,20)(H,19,21). The number of halogens is 1. The topological polar surface area (TPSA) is 102 Å². The van der Waals surface area contributed by atoms with Crippen LogP contribution in [0.1, 0.15) is 10.4 Å². The number of carbonyl (C=O) groups is 2. The van der Waals surface area contributed by atoms with Gasteiger partial charge in [-0.05, 0) is 36.4 Å². The van der Waals surface area contributed by atoms with Crippen LogP contribution in [0.15, 0.2) is 53.4 Å². The van der Waals surface area contributed by atoms with E-state index in [4.69, 9.17) is 11.6 Å². The van der Waals surface area contributed by atoms with Gasteiger partial charge in [-0.1, -0.05) is 23.7 Å². The molecular formula is C16H15ClN2O5S. The van der Waals surface area contributed by atoms with Crippen molar-refractivity contribution < 1.29 is 22.7 Å². The molecule has 0 heterocycles. The molecular weight excluding hydrogens is 368 g/mol. The molecule has 2 aromatic rings. The molecule has 2 amide bonds. The van der Waals surface area contributed by atoms with Crippen LogP contribution < -0.4 is 10.0 Å². The SMILES string of the molecule is COCC(=O)Nc1ccc(S(=O)(=O)NC(=O)c2ccccc2Cl)cc1. The summed E-state index contributed by atoms with van der Waals surface area (Å²) in [5.74, 6) is -1.20. The molecule has 0 atom stereocenters. The van der Waals surface area contributed by atoms with Gasteiger partial charge < -0.3 is 10.1 Å². The predicted octanol–water partition coefficient (Wildman–Crippen LogP) is 2.04. The smallest absolute Gasteiger partial charge is 0.266 e. The minimum Gasteiger partial charge on any atom is -0.375 e. The lowest BCUT2D eigenvalue weighted by Crippen LogP contribution is -2.30. The molecule has 0 saturated heterocycles. The summed E-state index contributed by atoms with van der Waals surface area (Å²) in [4.78, 5) is 23.4. The van der Waals surface area contributed by atoms with Crippen LogP contribution in [-0.2, 0) is 19.6 Å². The van der Waals surface area contributed by atoms with E-state index in [2.05, 4.69) is 10.1 Å². The number of hydrogen-bond donors (Lipinski definition) is 2. The summed E-state index contributed by atoms with van der Waals surface area (Å²) in [6, 6.07) is 11.5. The molecule has 0 unspecified atom stereocenters. The Balaban J connectivity index is 2.13. The van der Waals surface area contributed by atoms with Gasteiger partial charge in [0.2, 0.25) is 5.91 Å². The van der Waals surface area contributed by atoms with Gasteiger partial charge in [-0.3, -0.25) is 9.59 Å². The first-order valence-electron chi connectivity index (χ1n) is 7.04. The van der Waals surface area contributed by atoms with E-state index in [-0.39, 0.29) is 28.0 Å². The van der Waals surface area contributed by atoms with Crippen molar-refractivity contribution in [3.8, 4) is 0 Å². The third-order valence-corrected chi connectivity index (χ3v) is 4.75. The van der Waals surface area contributed by atoms with Gasteiger partial charge in [-0.2, -0.15) is 0 Å². The van der Waals surface area contributed by atoms with E-state index in [9.17, 15) is 18.0 Å². The second-order valence-corrected chi connectivity index (χ2v) is 7.01. The van der Waals surface area contributed by atoms with E-state index < -0.39 is 15.9 Å². The van der Waals surface area contributed by atoms with E-state index in [1.807, 2.05) is 4.72 Å². The first-order valence-corrected chi connectivity index (χ1v) is 8.90. The number of hydrogen-bond acceptors (Lipinski definition) is 5. The fourth-order valence-corrected chi connectivity index (χ4v) is 3.11. The predicted molar refractivity (Wildman–Crippen MR) is 93.1 cm³/mol. The number of ether oxygens (including phenoxy) is 1. The minimum absolute atomic E-state index is 0.0520. The number of benzene rings is 2. The fourth-order valence-electron chi connectivity index (χ4n) is 1.93. The third-order valence-electron chi connectivity index (χ3n) is 3.07. The quantitative estimate of drug-likeness (QED) is 0.796. The molecule has 0 aliphatic rings. The number of nitrogens with one attached hydrogen (secondary N) is 2. The monoisotopic (exact) mass is 382 g/mol. The molecule has 0 bridgehead atoms. The first-order chi connectivity index (χ1) is 11.8. The van der Waals surface area contributed by atoms with Gasteiger partial charge in [0.1, 0.15) is 6.61 Å². The van der Waals surface area contributed by atoms with Gasteiger partial charge >= 0.3 is 0 Å². The molecule has 0 saturated carbocycles. The largest absolute Gasteiger partial charge is 0.375 e. The molecule has 7 nitrogen and oxygen atoms in total. The van der Waals surface area contributed by atoms with Gasteiger partial charge in [-0.25, -0.2) is 13.1 Å². The minimum atomic E-state index is -4.08. The van der Waals surface area contributed by atoms with Crippen LogP contribution in [0, 0.1) is 0 Å². The second kappa shape index (κ2) is 8.11. The van der Waals surface area contributed by atoms with Crippen molar-refractivity contribution in [3.63, 3.8) is 0 Å². The number of sulfonamides is 1. The lowest BCUT2D eigenvalue weighted by molar-refractivity contribution is -0.119. The Morgan fingerprint density at radius 3 is 2.32 bits per heavy atom. The van der Waals surface area contributed by atoms with Crippen LogP contribution in [0.4, 0.5) is 5.69 Å². The fraction of sp³-hybridized carbons (Fsp3) is 0.125. The summed E-state index contributed by atoms with van der Waals surface area (Å²) in [5, 5.41) is 2.68. The maximum absolute atomic E-state index is 12.3. The van der Waals surface area contributed by atoms with E-state index >= 15 is 0 Å². The zero-order chi connectivity index (χ0) is 18.4. The summed E-state index contributed by atoms with van der Waals surface area (Å²) in [7, 11) is -2.69. The van der Waals surface area contributed by atoms with Gasteiger partial charge in [0.15, 0.2) is 0 Å². The Morgan fingerprint density at radius 1 is 1.08 bits per heavy atom. The lowest BCUT2D eigenvalue weighted by Gasteiger charge is -2.09. The third kappa shape index (κ3) is 5.02. The molecule has 0 aliphatic heterocycles. The lowest BCUT2D eigenvalue weighted by atomic mass is 10.2. The average Bonchev–Trinajstić information content (AvgIpc) is 2.55. The molecule has 0 fully saturated rings. The summed E-state index contributed by atoms with van der Waals surface area (Å²) in [5.41, 5.74) is 0.453. The molecule has 0 aliphatic carbocycles. The van der Waals surface area contributed by atoms with Gasteiger partial charge in [0.05, 0.1) is 15.5 Å².